The van der Waals surface area contributed by atoms with E-state index >= 15 is 0 Å². The smallest absolute Gasteiger partial charge is 0.219 e. The van der Waals surface area contributed by atoms with Crippen LogP contribution in [-0.4, -0.2) is 18.2 Å². The Kier molecular flexibility index (Phi) is 8.83. The monoisotopic (exact) mass is 207 g/mol. The van der Waals surface area contributed by atoms with Gasteiger partial charge in [0.2, 0.25) is 5.91 Å². The Morgan fingerprint density at radius 1 is 1.67 bits per heavy atom. The molecule has 1 saturated heterocycles. The van der Waals surface area contributed by atoms with Crippen LogP contribution in [0.1, 0.15) is 19.3 Å². The molecule has 4 heteroatoms. The predicted molar refractivity (Wildman–Crippen MR) is 55.4 cm³/mol. The molecular weight excluding hydrogens is 194 g/mol. The van der Waals surface area contributed by atoms with Crippen molar-refractivity contribution in [1.82, 2.24) is 5.32 Å². The van der Waals surface area contributed by atoms with Gasteiger partial charge in [-0.1, -0.05) is 17.1 Å². The Morgan fingerprint density at radius 3 is 2.58 bits per heavy atom. The highest BCUT2D eigenvalue weighted by atomic mass is 35.7. The molecule has 70 valence electrons. The predicted octanol–water partition coefficient (Wildman–Crippen LogP) is 2.35. The minimum Gasteiger partial charge on any atom is -0.356 e. The van der Waals surface area contributed by atoms with Gasteiger partial charge < -0.3 is 5.32 Å². The van der Waals surface area contributed by atoms with Gasteiger partial charge in [0.25, 0.3) is 0 Å². The van der Waals surface area contributed by atoms with Gasteiger partial charge in [0, 0.05) is 18.7 Å². The van der Waals surface area contributed by atoms with Gasteiger partial charge in [-0.05, 0) is 23.5 Å². The molecule has 1 rings (SSSR count). The molecule has 2 nitrogen and oxygen atoms in total. The molecule has 1 fully saturated rings. The van der Waals surface area contributed by atoms with Crippen molar-refractivity contribution in [3.8, 4) is 0 Å². The molecule has 1 heterocycles. The first-order valence-electron chi connectivity index (χ1n) is 3.92. The molecule has 1 aliphatic rings. The van der Waals surface area contributed by atoms with E-state index in [1.165, 1.54) is 11.0 Å². The van der Waals surface area contributed by atoms with Crippen molar-refractivity contribution in [1.29, 1.82) is 0 Å². The van der Waals surface area contributed by atoms with Gasteiger partial charge in [0.15, 0.2) is 0 Å². The lowest BCUT2D eigenvalue weighted by Gasteiger charge is -2.08. The number of rotatable bonds is 2. The summed E-state index contributed by atoms with van der Waals surface area (Å²) in [5.41, 5.74) is 0. The molecule has 0 aromatic carbocycles. The highest BCUT2D eigenvalue weighted by Gasteiger charge is 2.04. The third-order valence-corrected chi connectivity index (χ3v) is 2.07. The largest absolute Gasteiger partial charge is 0.356 e. The van der Waals surface area contributed by atoms with E-state index in [4.69, 9.17) is 10.7 Å². The highest BCUT2D eigenvalue weighted by molar-refractivity contribution is 8.21. The Labute approximate surface area is 82.2 Å². The standard InChI is InChI=1S/C5H9NO.C3H5ClS/c7-5-3-1-2-4-6-5;1-2-3-5-4/h1-4H2,(H,6,7);2H,1,3H2. The molecule has 0 aromatic rings. The second-order valence-corrected chi connectivity index (χ2v) is 3.58. The molecule has 0 aliphatic carbocycles. The summed E-state index contributed by atoms with van der Waals surface area (Å²) in [6, 6.07) is 0. The number of carbonyl (C=O) groups excluding carboxylic acids is 1. The van der Waals surface area contributed by atoms with Gasteiger partial charge in [-0.15, -0.1) is 6.58 Å². The van der Waals surface area contributed by atoms with Crippen LogP contribution < -0.4 is 5.32 Å². The normalized spacial score (nSPS) is 15.6. The van der Waals surface area contributed by atoms with Crippen LogP contribution in [0, 0.1) is 0 Å². The van der Waals surface area contributed by atoms with Crippen LogP contribution in [0.4, 0.5) is 0 Å². The molecule has 0 bridgehead atoms. The summed E-state index contributed by atoms with van der Waals surface area (Å²) in [5.74, 6) is 1.05. The van der Waals surface area contributed by atoms with E-state index in [-0.39, 0.29) is 5.91 Å². The van der Waals surface area contributed by atoms with Crippen LogP contribution in [-0.2, 0) is 4.79 Å². The van der Waals surface area contributed by atoms with Crippen LogP contribution in [0.3, 0.4) is 0 Å². The molecule has 0 unspecified atom stereocenters. The van der Waals surface area contributed by atoms with Gasteiger partial charge in [0.05, 0.1) is 0 Å². The van der Waals surface area contributed by atoms with E-state index in [0.717, 1.165) is 31.6 Å². The van der Waals surface area contributed by atoms with Crippen molar-refractivity contribution in [2.45, 2.75) is 19.3 Å². The molecule has 0 radical (unpaired) electrons. The third-order valence-electron chi connectivity index (χ3n) is 1.33. The first kappa shape index (κ1) is 11.8. The molecule has 1 aliphatic heterocycles. The van der Waals surface area contributed by atoms with Crippen molar-refractivity contribution in [3.63, 3.8) is 0 Å². The molecule has 1 N–H and O–H groups in total. The molecule has 0 aromatic heterocycles. The van der Waals surface area contributed by atoms with Crippen molar-refractivity contribution in [2.75, 3.05) is 12.3 Å². The first-order chi connectivity index (χ1) is 5.81. The zero-order valence-corrected chi connectivity index (χ0v) is 8.59. The number of halogens is 1. The van der Waals surface area contributed by atoms with Crippen LogP contribution in [0.5, 0.6) is 0 Å². The summed E-state index contributed by atoms with van der Waals surface area (Å²) >= 11 is 0. The van der Waals surface area contributed by atoms with E-state index in [1.807, 2.05) is 0 Å². The minimum absolute atomic E-state index is 0.214. The van der Waals surface area contributed by atoms with E-state index in [9.17, 15) is 4.79 Å². The van der Waals surface area contributed by atoms with Crippen LogP contribution in [0.15, 0.2) is 12.7 Å². The average molecular weight is 208 g/mol. The summed E-state index contributed by atoms with van der Waals surface area (Å²) < 4.78 is 0. The maximum Gasteiger partial charge on any atom is 0.219 e. The van der Waals surface area contributed by atoms with Gasteiger partial charge >= 0.3 is 0 Å². The fourth-order valence-corrected chi connectivity index (χ4v) is 1.13. The number of nitrogens with one attached hydrogen (secondary N) is 1. The maximum atomic E-state index is 10.4. The van der Waals surface area contributed by atoms with Crippen molar-refractivity contribution < 1.29 is 4.79 Å². The van der Waals surface area contributed by atoms with E-state index < -0.39 is 0 Å². The van der Waals surface area contributed by atoms with Gasteiger partial charge in [-0.2, -0.15) is 0 Å². The summed E-state index contributed by atoms with van der Waals surface area (Å²) in [5, 5.41) is 2.74. The Hall–Kier alpha value is -0.150. The van der Waals surface area contributed by atoms with Crippen molar-refractivity contribution >= 4 is 27.6 Å². The fraction of sp³-hybridized carbons (Fsp3) is 0.625. The van der Waals surface area contributed by atoms with Crippen molar-refractivity contribution in [2.24, 2.45) is 0 Å². The summed E-state index contributed by atoms with van der Waals surface area (Å²) in [6.07, 6.45) is 4.73. The topological polar surface area (TPSA) is 29.1 Å². The quantitative estimate of drug-likeness (QED) is 0.705. The Balaban J connectivity index is 0.000000217. The Morgan fingerprint density at radius 2 is 2.42 bits per heavy atom. The number of hydrogen-bond acceptors (Lipinski definition) is 2. The van der Waals surface area contributed by atoms with Crippen LogP contribution in [0.25, 0.3) is 0 Å². The van der Waals surface area contributed by atoms with Crippen LogP contribution in [0.2, 0.25) is 0 Å². The minimum atomic E-state index is 0.214. The maximum absolute atomic E-state index is 10.4. The van der Waals surface area contributed by atoms with Crippen molar-refractivity contribution in [3.05, 3.63) is 12.7 Å². The number of piperidine rings is 1. The number of amides is 1. The number of carbonyl (C=O) groups is 1. The van der Waals surface area contributed by atoms with E-state index in [2.05, 4.69) is 11.9 Å². The molecule has 0 spiro atoms. The third kappa shape index (κ3) is 7.95. The molecule has 0 atom stereocenters. The van der Waals surface area contributed by atoms with Gasteiger partial charge in [-0.3, -0.25) is 4.79 Å². The lowest BCUT2D eigenvalue weighted by molar-refractivity contribution is -0.122. The zero-order valence-electron chi connectivity index (χ0n) is 7.01. The van der Waals surface area contributed by atoms with Gasteiger partial charge in [-0.25, -0.2) is 0 Å². The molecule has 1 amide bonds. The lowest BCUT2D eigenvalue weighted by Crippen LogP contribution is -2.28. The molecular formula is C8H14ClNOS. The summed E-state index contributed by atoms with van der Waals surface area (Å²) in [6.45, 7) is 4.33. The van der Waals surface area contributed by atoms with E-state index in [1.54, 1.807) is 6.08 Å². The molecule has 12 heavy (non-hydrogen) atoms. The zero-order chi connectivity index (χ0) is 9.23. The summed E-state index contributed by atoms with van der Waals surface area (Å²) in [7, 11) is 6.40. The average Bonchev–Trinajstić information content (AvgIpc) is 2.08. The fourth-order valence-electron chi connectivity index (χ4n) is 0.771. The van der Waals surface area contributed by atoms with Crippen LogP contribution >= 0.6 is 21.7 Å². The second-order valence-electron chi connectivity index (χ2n) is 2.37. The number of hydrogen-bond donors (Lipinski definition) is 1. The van der Waals surface area contributed by atoms with Gasteiger partial charge in [0.1, 0.15) is 0 Å². The SMILES string of the molecule is C=CCSCl.O=C1CCCCN1. The van der Waals surface area contributed by atoms with E-state index in [0.29, 0.717) is 0 Å². The molecule has 0 saturated carbocycles. The Bertz CT molecular complexity index is 133. The first-order valence-corrected chi connectivity index (χ1v) is 5.73. The lowest BCUT2D eigenvalue weighted by atomic mass is 10.2. The second kappa shape index (κ2) is 8.94. The highest BCUT2D eigenvalue weighted by Crippen LogP contribution is 2.02. The summed E-state index contributed by atoms with van der Waals surface area (Å²) in [4.78, 5) is 10.4.